The van der Waals surface area contributed by atoms with Crippen LogP contribution >= 0.6 is 11.6 Å². The number of carbonyl (C=O) groups is 2. The van der Waals surface area contributed by atoms with Crippen molar-refractivity contribution in [1.29, 1.82) is 0 Å². The van der Waals surface area contributed by atoms with E-state index in [4.69, 9.17) is 11.6 Å². The number of carbonyl (C=O) groups excluding carboxylic acids is 2. The topological polar surface area (TPSA) is 80.1 Å². The molecule has 5 rings (SSSR count). The number of halogens is 5. The van der Waals surface area contributed by atoms with Crippen LogP contribution in [0.2, 0.25) is 5.02 Å². The second-order valence-corrected chi connectivity index (χ2v) is 10.5. The van der Waals surface area contributed by atoms with Gasteiger partial charge in [0, 0.05) is 42.9 Å². The number of benzene rings is 1. The number of aryl methyl sites for hydroxylation is 1. The number of alkyl halides is 3. The van der Waals surface area contributed by atoms with Crippen LogP contribution in [0.25, 0.3) is 16.8 Å². The van der Waals surface area contributed by atoms with E-state index < -0.39 is 40.1 Å². The number of hydrogen-bond donors (Lipinski definition) is 1. The number of rotatable bonds is 2. The Morgan fingerprint density at radius 3 is 2.65 bits per heavy atom. The summed E-state index contributed by atoms with van der Waals surface area (Å²) in [6.45, 7) is 1.87. The summed E-state index contributed by atoms with van der Waals surface area (Å²) in [5.41, 5.74) is 0.616. The van der Waals surface area contributed by atoms with Crippen LogP contribution in [-0.4, -0.2) is 38.0 Å². The molecule has 7 nitrogen and oxygen atoms in total. The Morgan fingerprint density at radius 2 is 1.93 bits per heavy atom. The van der Waals surface area contributed by atoms with Gasteiger partial charge in [0.2, 0.25) is 11.8 Å². The number of hydrogen-bond acceptors (Lipinski definition) is 4. The smallest absolute Gasteiger partial charge is 0.330 e. The van der Waals surface area contributed by atoms with E-state index in [2.05, 4.69) is 15.4 Å². The summed E-state index contributed by atoms with van der Waals surface area (Å²) < 4.78 is 57.7. The van der Waals surface area contributed by atoms with Gasteiger partial charge in [-0.05, 0) is 49.1 Å². The molecule has 1 N–H and O–H groups in total. The molecule has 4 heterocycles. The molecule has 1 aromatic carbocycles. The van der Waals surface area contributed by atoms with Crippen LogP contribution in [0.3, 0.4) is 0 Å². The normalized spacial score (nSPS) is 20.3. The van der Waals surface area contributed by atoms with Crippen molar-refractivity contribution >= 4 is 34.7 Å². The molecule has 2 bridgehead atoms. The van der Waals surface area contributed by atoms with Crippen LogP contribution in [0.5, 0.6) is 0 Å². The first kappa shape index (κ1) is 27.8. The highest BCUT2D eigenvalue weighted by Gasteiger charge is 2.38. The molecule has 2 aromatic heterocycles. The summed E-state index contributed by atoms with van der Waals surface area (Å²) in [5, 5.41) is 6.78. The minimum absolute atomic E-state index is 0.00698. The van der Waals surface area contributed by atoms with E-state index in [1.165, 1.54) is 0 Å². The summed E-state index contributed by atoms with van der Waals surface area (Å²) in [7, 11) is 1.75. The number of pyridine rings is 1. The number of anilines is 1. The molecule has 2 aliphatic heterocycles. The van der Waals surface area contributed by atoms with Gasteiger partial charge in [-0.2, -0.15) is 18.3 Å². The van der Waals surface area contributed by atoms with Crippen LogP contribution in [0, 0.1) is 11.7 Å². The Balaban J connectivity index is 1.54. The van der Waals surface area contributed by atoms with Crippen LogP contribution in [-0.2, 0) is 22.8 Å². The fourth-order valence-corrected chi connectivity index (χ4v) is 5.54. The molecule has 0 radical (unpaired) electrons. The summed E-state index contributed by atoms with van der Waals surface area (Å²) in [6.07, 6.45) is 1.02. The minimum atomic E-state index is -4.83. The predicted molar refractivity (Wildman–Crippen MR) is 142 cm³/mol. The summed E-state index contributed by atoms with van der Waals surface area (Å²) in [5.74, 6) is -2.21. The van der Waals surface area contributed by atoms with Crippen molar-refractivity contribution in [1.82, 2.24) is 19.7 Å². The second kappa shape index (κ2) is 10.7. The first-order chi connectivity index (χ1) is 19.0. The third-order valence-electron chi connectivity index (χ3n) is 7.46. The molecular weight excluding hydrogens is 550 g/mol. The van der Waals surface area contributed by atoms with E-state index in [0.29, 0.717) is 36.3 Å². The summed E-state index contributed by atoms with van der Waals surface area (Å²) in [4.78, 5) is 32.4. The molecule has 0 saturated carbocycles. The lowest BCUT2D eigenvalue weighted by Crippen LogP contribution is -2.38. The lowest BCUT2D eigenvalue weighted by Gasteiger charge is -2.35. The van der Waals surface area contributed by atoms with E-state index in [1.807, 2.05) is 13.0 Å². The molecule has 3 aromatic rings. The maximum absolute atomic E-state index is 14.9. The fraction of sp³-hybridized carbons (Fsp3) is 0.357. The third-order valence-corrected chi connectivity index (χ3v) is 7.75. The highest BCUT2D eigenvalue weighted by Crippen LogP contribution is 2.41. The first-order valence-corrected chi connectivity index (χ1v) is 13.2. The van der Waals surface area contributed by atoms with Gasteiger partial charge in [0.15, 0.2) is 0 Å². The molecular formula is C28H26ClF4N5O2. The molecule has 2 atom stereocenters. The number of fused-ring (bicyclic) bond motifs is 4. The van der Waals surface area contributed by atoms with Crippen molar-refractivity contribution < 1.29 is 27.2 Å². The van der Waals surface area contributed by atoms with E-state index in [-0.39, 0.29) is 30.4 Å². The van der Waals surface area contributed by atoms with Gasteiger partial charge in [0.25, 0.3) is 0 Å². The zero-order valence-electron chi connectivity index (χ0n) is 21.7. The van der Waals surface area contributed by atoms with Crippen molar-refractivity contribution in [3.8, 4) is 11.3 Å². The van der Waals surface area contributed by atoms with Crippen molar-refractivity contribution in [3.05, 3.63) is 70.4 Å². The van der Waals surface area contributed by atoms with E-state index >= 15 is 0 Å². The van der Waals surface area contributed by atoms with Gasteiger partial charge in [-0.3, -0.25) is 19.3 Å². The predicted octanol–water partition coefficient (Wildman–Crippen LogP) is 6.41. The monoisotopic (exact) mass is 575 g/mol. The van der Waals surface area contributed by atoms with Crippen molar-refractivity contribution in [3.63, 3.8) is 0 Å². The molecule has 0 aliphatic carbocycles. The molecule has 2 unspecified atom stereocenters. The van der Waals surface area contributed by atoms with Crippen molar-refractivity contribution in [2.24, 2.45) is 13.0 Å². The molecule has 210 valence electrons. The second-order valence-electron chi connectivity index (χ2n) is 10.1. The van der Waals surface area contributed by atoms with Crippen LogP contribution in [0.4, 0.5) is 23.2 Å². The number of amides is 2. The summed E-state index contributed by atoms with van der Waals surface area (Å²) >= 11 is 5.82. The van der Waals surface area contributed by atoms with Crippen molar-refractivity contribution in [2.75, 3.05) is 11.9 Å². The molecule has 40 heavy (non-hydrogen) atoms. The first-order valence-electron chi connectivity index (χ1n) is 12.8. The van der Waals surface area contributed by atoms with Gasteiger partial charge in [-0.25, -0.2) is 4.39 Å². The Labute approximate surface area is 232 Å². The molecule has 12 heteroatoms. The van der Waals surface area contributed by atoms with E-state index in [1.54, 1.807) is 35.1 Å². The highest BCUT2D eigenvalue weighted by atomic mass is 35.5. The zero-order chi connectivity index (χ0) is 28.8. The Bertz CT molecular complexity index is 1520. The quantitative estimate of drug-likeness (QED) is 0.358. The molecule has 0 spiro atoms. The maximum Gasteiger partial charge on any atom is 0.417 e. The highest BCUT2D eigenvalue weighted by molar-refractivity contribution is 6.31. The average Bonchev–Trinajstić information content (AvgIpc) is 3.26. The lowest BCUT2D eigenvalue weighted by molar-refractivity contribution is -0.138. The van der Waals surface area contributed by atoms with Gasteiger partial charge in [-0.15, -0.1) is 0 Å². The third kappa shape index (κ3) is 5.22. The van der Waals surface area contributed by atoms with Crippen molar-refractivity contribution in [2.45, 2.75) is 44.8 Å². The molecule has 0 saturated heterocycles. The number of aromatic nitrogens is 3. The average molecular weight is 576 g/mol. The SMILES string of the molecule is CC1CCCC(N2CCC(c3c(C(F)(F)F)ccc(Cl)c3F)=CC2=O)c2cc(ccn2)-c2c(cnn2C)NC1=O. The molecule has 0 fully saturated rings. The minimum Gasteiger partial charge on any atom is -0.330 e. The van der Waals surface area contributed by atoms with Gasteiger partial charge in [0.05, 0.1) is 39.9 Å². The van der Waals surface area contributed by atoms with Crippen LogP contribution in [0.1, 0.15) is 55.5 Å². The largest absolute Gasteiger partial charge is 0.417 e. The van der Waals surface area contributed by atoms with E-state index in [9.17, 15) is 27.2 Å². The standard InChI is InChI=1S/C28H26ClF4N5O2/c1-15-4-3-5-22(20-12-17(8-10-34-20)26-21(36-27(15)40)14-35-37(26)2)38-11-9-16(13-23(38)39)24-18(28(31,32)33)6-7-19(29)25(24)30/h6-8,10,12-15,22H,3-5,9,11H2,1-2H3,(H,36,40). The Kier molecular flexibility index (Phi) is 7.43. The maximum atomic E-state index is 14.9. The van der Waals surface area contributed by atoms with Gasteiger partial charge in [-0.1, -0.05) is 24.9 Å². The Morgan fingerprint density at radius 1 is 1.15 bits per heavy atom. The summed E-state index contributed by atoms with van der Waals surface area (Å²) in [6, 6.07) is 4.68. The number of nitrogens with one attached hydrogen (secondary N) is 1. The molecule has 2 aliphatic rings. The zero-order valence-corrected chi connectivity index (χ0v) is 22.5. The Hall–Kier alpha value is -3.73. The lowest BCUT2D eigenvalue weighted by atomic mass is 9.91. The molecule has 2 amide bonds. The number of nitrogens with zero attached hydrogens (tertiary/aromatic N) is 4. The van der Waals surface area contributed by atoms with Crippen LogP contribution < -0.4 is 5.32 Å². The van der Waals surface area contributed by atoms with Gasteiger partial charge < -0.3 is 10.2 Å². The van der Waals surface area contributed by atoms with Gasteiger partial charge in [0.1, 0.15) is 5.82 Å². The van der Waals surface area contributed by atoms with Gasteiger partial charge >= 0.3 is 6.18 Å². The fourth-order valence-electron chi connectivity index (χ4n) is 5.38. The van der Waals surface area contributed by atoms with Crippen LogP contribution in [0.15, 0.2) is 42.7 Å². The van der Waals surface area contributed by atoms with E-state index in [0.717, 1.165) is 23.8 Å².